The lowest BCUT2D eigenvalue weighted by molar-refractivity contribution is 0.142. The van der Waals surface area contributed by atoms with E-state index < -0.39 is 5.06 Å². The summed E-state index contributed by atoms with van der Waals surface area (Å²) in [6, 6.07) is 0. The lowest BCUT2D eigenvalue weighted by atomic mass is 10.2. The van der Waals surface area contributed by atoms with Crippen molar-refractivity contribution in [1.29, 1.82) is 0 Å². The van der Waals surface area contributed by atoms with Gasteiger partial charge in [0.25, 0.3) is 0 Å². The summed E-state index contributed by atoms with van der Waals surface area (Å²) in [6.45, 7) is 3.35. The Morgan fingerprint density at radius 2 is 2.12 bits per heavy atom. The first kappa shape index (κ1) is 8.54. The van der Waals surface area contributed by atoms with Gasteiger partial charge in [0, 0.05) is 0 Å². The Labute approximate surface area is 59.6 Å². The van der Waals surface area contributed by atoms with E-state index in [1.54, 1.807) is 0 Å². The predicted molar refractivity (Wildman–Crippen MR) is 36.4 cm³/mol. The lowest BCUT2D eigenvalue weighted by Crippen LogP contribution is -2.27. The topological polar surface area (TPSA) is 20.2 Å². The van der Waals surface area contributed by atoms with Gasteiger partial charge in [0.15, 0.2) is 5.06 Å². The first-order valence-electron chi connectivity index (χ1n) is 2.53. The molecule has 0 radical (unpaired) electrons. The van der Waals surface area contributed by atoms with Crippen molar-refractivity contribution in [2.45, 2.75) is 30.7 Å². The van der Waals surface area contributed by atoms with E-state index in [4.69, 9.17) is 28.3 Å². The minimum Gasteiger partial charge on any atom is -0.374 e. The van der Waals surface area contributed by atoms with Crippen molar-refractivity contribution in [2.24, 2.45) is 0 Å². The fraction of sp³-hybridized carbons (Fsp3) is 1.00. The molecule has 0 aromatic rings. The maximum absolute atomic E-state index is 8.92. The summed E-state index contributed by atoms with van der Waals surface area (Å²) in [4.78, 5) is 0. The molecule has 1 nitrogen and oxygen atoms in total. The van der Waals surface area contributed by atoms with Crippen LogP contribution in [0.15, 0.2) is 0 Å². The maximum Gasteiger partial charge on any atom is 0.152 e. The van der Waals surface area contributed by atoms with Gasteiger partial charge in [-0.05, 0) is 13.3 Å². The summed E-state index contributed by atoms with van der Waals surface area (Å²) in [6.07, 6.45) is 0.679. The molecule has 0 heterocycles. The molecule has 2 unspecified atom stereocenters. The van der Waals surface area contributed by atoms with E-state index in [2.05, 4.69) is 0 Å². The zero-order valence-electron chi connectivity index (χ0n) is 4.99. The molecular formula is C5H10Cl2O. The van der Waals surface area contributed by atoms with Crippen molar-refractivity contribution in [3.05, 3.63) is 0 Å². The molecule has 0 aliphatic rings. The van der Waals surface area contributed by atoms with Gasteiger partial charge in [-0.1, -0.05) is 18.5 Å². The Hall–Kier alpha value is 0.540. The fourth-order valence-electron chi connectivity index (χ4n) is 0.373. The zero-order valence-corrected chi connectivity index (χ0v) is 6.50. The van der Waals surface area contributed by atoms with Gasteiger partial charge in [0.1, 0.15) is 0 Å². The molecule has 0 aromatic carbocycles. The molecule has 2 atom stereocenters. The molecule has 8 heavy (non-hydrogen) atoms. The molecule has 0 aliphatic heterocycles. The van der Waals surface area contributed by atoms with Crippen LogP contribution in [-0.4, -0.2) is 15.5 Å². The standard InChI is InChI=1S/C5H10Cl2O/c1-3-4(6)5(2,7)8/h4,8H,3H2,1-2H3. The van der Waals surface area contributed by atoms with Gasteiger partial charge in [-0.2, -0.15) is 0 Å². The second kappa shape index (κ2) is 2.90. The third-order valence-electron chi connectivity index (χ3n) is 0.930. The van der Waals surface area contributed by atoms with Crippen LogP contribution in [0.1, 0.15) is 20.3 Å². The number of halogens is 2. The van der Waals surface area contributed by atoms with Gasteiger partial charge in [-0.15, -0.1) is 11.6 Å². The van der Waals surface area contributed by atoms with Crippen molar-refractivity contribution in [1.82, 2.24) is 0 Å². The normalized spacial score (nSPS) is 22.1. The summed E-state index contributed by atoms with van der Waals surface area (Å²) in [7, 11) is 0. The van der Waals surface area contributed by atoms with E-state index in [-0.39, 0.29) is 5.38 Å². The van der Waals surface area contributed by atoms with Crippen LogP contribution < -0.4 is 0 Å². The highest BCUT2D eigenvalue weighted by atomic mass is 35.5. The van der Waals surface area contributed by atoms with E-state index >= 15 is 0 Å². The first-order valence-corrected chi connectivity index (χ1v) is 3.35. The van der Waals surface area contributed by atoms with E-state index in [9.17, 15) is 0 Å². The highest BCUT2D eigenvalue weighted by Crippen LogP contribution is 2.22. The average Bonchev–Trinajstić information content (AvgIpc) is 1.62. The third-order valence-corrected chi connectivity index (χ3v) is 2.04. The molecule has 1 N–H and O–H groups in total. The fourth-order valence-corrected chi connectivity index (χ4v) is 0.527. The molecule has 0 bridgehead atoms. The monoisotopic (exact) mass is 156 g/mol. The number of alkyl halides is 2. The molecule has 0 rings (SSSR count). The highest BCUT2D eigenvalue weighted by Gasteiger charge is 2.24. The molecule has 0 aromatic heterocycles. The number of aliphatic hydroxyl groups is 1. The van der Waals surface area contributed by atoms with Gasteiger partial charge in [0.05, 0.1) is 5.38 Å². The molecule has 0 saturated heterocycles. The van der Waals surface area contributed by atoms with Crippen molar-refractivity contribution in [3.63, 3.8) is 0 Å². The summed E-state index contributed by atoms with van der Waals surface area (Å²) in [5, 5.41) is 7.31. The minimum absolute atomic E-state index is 0.357. The second-order valence-corrected chi connectivity index (χ2v) is 3.19. The van der Waals surface area contributed by atoms with E-state index in [0.29, 0.717) is 6.42 Å². The van der Waals surface area contributed by atoms with Gasteiger partial charge in [-0.25, -0.2) is 0 Å². The molecule has 0 amide bonds. The molecule has 0 spiro atoms. The van der Waals surface area contributed by atoms with Crippen LogP contribution in [-0.2, 0) is 0 Å². The van der Waals surface area contributed by atoms with Crippen molar-refractivity contribution in [3.8, 4) is 0 Å². The van der Waals surface area contributed by atoms with Gasteiger partial charge in [0.2, 0.25) is 0 Å². The smallest absolute Gasteiger partial charge is 0.152 e. The Balaban J connectivity index is 3.62. The Bertz CT molecular complexity index is 67.3. The highest BCUT2D eigenvalue weighted by molar-refractivity contribution is 6.31. The van der Waals surface area contributed by atoms with Gasteiger partial charge in [-0.3, -0.25) is 0 Å². The van der Waals surface area contributed by atoms with Crippen LogP contribution in [0.2, 0.25) is 0 Å². The number of hydrogen-bond donors (Lipinski definition) is 1. The predicted octanol–water partition coefficient (Wildman–Crippen LogP) is 1.95. The molecule has 50 valence electrons. The van der Waals surface area contributed by atoms with Crippen LogP contribution >= 0.6 is 23.2 Å². The minimum atomic E-state index is -1.25. The number of rotatable bonds is 2. The molecule has 0 aliphatic carbocycles. The third kappa shape index (κ3) is 2.75. The largest absolute Gasteiger partial charge is 0.374 e. The van der Waals surface area contributed by atoms with Crippen molar-refractivity contribution >= 4 is 23.2 Å². The molecule has 0 fully saturated rings. The Morgan fingerprint density at radius 3 is 2.12 bits per heavy atom. The van der Waals surface area contributed by atoms with Crippen LogP contribution in [0.4, 0.5) is 0 Å². The zero-order chi connectivity index (χ0) is 6.78. The lowest BCUT2D eigenvalue weighted by Gasteiger charge is -2.18. The summed E-state index contributed by atoms with van der Waals surface area (Å²) in [5.74, 6) is 0. The van der Waals surface area contributed by atoms with Crippen LogP contribution in [0.3, 0.4) is 0 Å². The first-order chi connectivity index (χ1) is 3.48. The molecular weight excluding hydrogens is 147 g/mol. The van der Waals surface area contributed by atoms with E-state index in [1.165, 1.54) is 6.92 Å². The molecule has 0 saturated carbocycles. The van der Waals surface area contributed by atoms with Crippen LogP contribution in [0.25, 0.3) is 0 Å². The average molecular weight is 157 g/mol. The van der Waals surface area contributed by atoms with E-state index in [0.717, 1.165) is 0 Å². The Kier molecular flexibility index (Phi) is 3.10. The van der Waals surface area contributed by atoms with Gasteiger partial charge >= 0.3 is 0 Å². The summed E-state index contributed by atoms with van der Waals surface area (Å²) < 4.78 is 0. The van der Waals surface area contributed by atoms with Gasteiger partial charge < -0.3 is 5.11 Å². The SMILES string of the molecule is CCC(Cl)C(C)(O)Cl. The summed E-state index contributed by atoms with van der Waals surface area (Å²) in [5.41, 5.74) is 0. The van der Waals surface area contributed by atoms with Crippen LogP contribution in [0, 0.1) is 0 Å². The summed E-state index contributed by atoms with van der Waals surface area (Å²) >= 11 is 11.0. The van der Waals surface area contributed by atoms with Crippen molar-refractivity contribution in [2.75, 3.05) is 0 Å². The van der Waals surface area contributed by atoms with Crippen LogP contribution in [0.5, 0.6) is 0 Å². The quantitative estimate of drug-likeness (QED) is 0.607. The number of hydrogen-bond acceptors (Lipinski definition) is 1. The Morgan fingerprint density at radius 1 is 1.75 bits per heavy atom. The molecule has 3 heteroatoms. The maximum atomic E-state index is 8.92. The second-order valence-electron chi connectivity index (χ2n) is 1.90. The van der Waals surface area contributed by atoms with E-state index in [1.807, 2.05) is 6.92 Å². The van der Waals surface area contributed by atoms with Crippen molar-refractivity contribution < 1.29 is 5.11 Å².